The van der Waals surface area contributed by atoms with E-state index < -0.39 is 0 Å². The molecule has 0 atom stereocenters. The highest BCUT2D eigenvalue weighted by molar-refractivity contribution is 5.71. The van der Waals surface area contributed by atoms with Crippen LogP contribution in [0.3, 0.4) is 0 Å². The molecule has 0 aliphatic heterocycles. The normalized spacial score (nSPS) is 19.5. The zero-order valence-electron chi connectivity index (χ0n) is 11.0. The topological polar surface area (TPSA) is 26.3 Å². The summed E-state index contributed by atoms with van der Waals surface area (Å²) in [5, 5.41) is 0. The fourth-order valence-corrected chi connectivity index (χ4v) is 1.92. The van der Waals surface area contributed by atoms with Gasteiger partial charge in [-0.1, -0.05) is 25.5 Å². The molecule has 1 saturated carbocycles. The highest BCUT2D eigenvalue weighted by Gasteiger charge is 2.29. The number of carbonyl (C=O) groups excluding carboxylic acids is 1. The molecule has 0 aromatic carbocycles. The third kappa shape index (κ3) is 4.82. The molecular formula is C14H24O2. The third-order valence-electron chi connectivity index (χ3n) is 3.04. The van der Waals surface area contributed by atoms with Gasteiger partial charge < -0.3 is 4.74 Å². The second-order valence-electron chi connectivity index (χ2n) is 6.13. The van der Waals surface area contributed by atoms with Crippen LogP contribution in [0.5, 0.6) is 0 Å². The number of rotatable bonds is 4. The van der Waals surface area contributed by atoms with Crippen molar-refractivity contribution in [3.63, 3.8) is 0 Å². The molecule has 1 aliphatic carbocycles. The molecule has 2 nitrogen and oxygen atoms in total. The monoisotopic (exact) mass is 224 g/mol. The first kappa shape index (κ1) is 13.3. The molecule has 0 unspecified atom stereocenters. The number of allylic oxidation sites excluding steroid dienone is 1. The van der Waals surface area contributed by atoms with Gasteiger partial charge in [-0.15, -0.1) is 0 Å². The number of hydrogen-bond acceptors (Lipinski definition) is 2. The van der Waals surface area contributed by atoms with Crippen LogP contribution in [0, 0.1) is 5.41 Å². The molecule has 16 heavy (non-hydrogen) atoms. The maximum atomic E-state index is 11.4. The van der Waals surface area contributed by atoms with Crippen molar-refractivity contribution >= 4 is 5.97 Å². The zero-order valence-corrected chi connectivity index (χ0v) is 11.0. The van der Waals surface area contributed by atoms with Gasteiger partial charge in [0.1, 0.15) is 5.60 Å². The van der Waals surface area contributed by atoms with Crippen molar-refractivity contribution in [1.82, 2.24) is 0 Å². The maximum absolute atomic E-state index is 11.4. The van der Waals surface area contributed by atoms with Crippen LogP contribution < -0.4 is 0 Å². The Morgan fingerprint density at radius 1 is 1.31 bits per heavy atom. The standard InChI is InChI=1S/C14H24O2/c1-13(2,3)16-12(15)8-5-6-9-14(4)10-7-11-14/h5-6H,7-11H2,1-4H3/b6-5+. The Hall–Kier alpha value is -0.790. The maximum Gasteiger partial charge on any atom is 0.310 e. The molecule has 0 heterocycles. The lowest BCUT2D eigenvalue weighted by molar-refractivity contribution is -0.153. The zero-order chi connectivity index (χ0) is 12.2. The molecule has 0 bridgehead atoms. The van der Waals surface area contributed by atoms with Crippen molar-refractivity contribution in [1.29, 1.82) is 0 Å². The fourth-order valence-electron chi connectivity index (χ4n) is 1.92. The van der Waals surface area contributed by atoms with Gasteiger partial charge in [-0.25, -0.2) is 0 Å². The Bertz CT molecular complexity index is 267. The van der Waals surface area contributed by atoms with E-state index in [0.29, 0.717) is 11.8 Å². The number of esters is 1. The van der Waals surface area contributed by atoms with Crippen LogP contribution in [0.15, 0.2) is 12.2 Å². The lowest BCUT2D eigenvalue weighted by Crippen LogP contribution is -2.24. The first-order valence-electron chi connectivity index (χ1n) is 6.18. The molecule has 0 saturated heterocycles. The van der Waals surface area contributed by atoms with Crippen molar-refractivity contribution in [2.24, 2.45) is 5.41 Å². The van der Waals surface area contributed by atoms with E-state index in [1.54, 1.807) is 0 Å². The van der Waals surface area contributed by atoms with Gasteiger partial charge in [-0.3, -0.25) is 4.79 Å². The minimum atomic E-state index is -0.370. The average Bonchev–Trinajstić information content (AvgIpc) is 2.06. The smallest absolute Gasteiger partial charge is 0.310 e. The summed E-state index contributed by atoms with van der Waals surface area (Å²) < 4.78 is 5.22. The summed E-state index contributed by atoms with van der Waals surface area (Å²) in [5.74, 6) is -0.137. The lowest BCUT2D eigenvalue weighted by atomic mass is 9.68. The number of carbonyl (C=O) groups is 1. The average molecular weight is 224 g/mol. The van der Waals surface area contributed by atoms with Crippen LogP contribution in [0.2, 0.25) is 0 Å². The minimum Gasteiger partial charge on any atom is -0.460 e. The van der Waals surface area contributed by atoms with Crippen molar-refractivity contribution in [3.05, 3.63) is 12.2 Å². The number of ether oxygens (including phenoxy) is 1. The summed E-state index contributed by atoms with van der Waals surface area (Å²) >= 11 is 0. The molecule has 0 aromatic heterocycles. The first-order valence-corrected chi connectivity index (χ1v) is 6.18. The van der Waals surface area contributed by atoms with Crippen molar-refractivity contribution in [2.45, 2.75) is 65.4 Å². The Kier molecular flexibility index (Phi) is 4.17. The van der Waals surface area contributed by atoms with Gasteiger partial charge in [-0.05, 0) is 45.4 Å². The molecule has 1 aliphatic rings. The van der Waals surface area contributed by atoms with Crippen LogP contribution in [0.25, 0.3) is 0 Å². The van der Waals surface area contributed by atoms with E-state index in [2.05, 4.69) is 13.0 Å². The predicted molar refractivity (Wildman–Crippen MR) is 66.2 cm³/mol. The summed E-state index contributed by atoms with van der Waals surface area (Å²) in [5.41, 5.74) is 0.134. The molecule has 0 aromatic rings. The molecule has 0 spiro atoms. The Morgan fingerprint density at radius 2 is 1.94 bits per heavy atom. The van der Waals surface area contributed by atoms with Crippen LogP contribution in [0.1, 0.15) is 59.8 Å². The summed E-state index contributed by atoms with van der Waals surface area (Å²) in [6.45, 7) is 7.99. The van der Waals surface area contributed by atoms with Crippen molar-refractivity contribution in [3.8, 4) is 0 Å². The van der Waals surface area contributed by atoms with Crippen LogP contribution >= 0.6 is 0 Å². The molecule has 0 N–H and O–H groups in total. The summed E-state index contributed by atoms with van der Waals surface area (Å²) in [6.07, 6.45) is 9.56. The molecule has 0 amide bonds. The summed E-state index contributed by atoms with van der Waals surface area (Å²) in [4.78, 5) is 11.4. The van der Waals surface area contributed by atoms with E-state index >= 15 is 0 Å². The molecular weight excluding hydrogens is 200 g/mol. The van der Waals surface area contributed by atoms with E-state index in [9.17, 15) is 4.79 Å². The summed E-state index contributed by atoms with van der Waals surface area (Å²) in [7, 11) is 0. The first-order chi connectivity index (χ1) is 7.31. The Labute approximate surface area is 99.1 Å². The lowest BCUT2D eigenvalue weighted by Gasteiger charge is -2.37. The van der Waals surface area contributed by atoms with Gasteiger partial charge in [0, 0.05) is 0 Å². The van der Waals surface area contributed by atoms with E-state index in [1.807, 2.05) is 26.8 Å². The van der Waals surface area contributed by atoms with E-state index in [0.717, 1.165) is 6.42 Å². The second kappa shape index (κ2) is 5.03. The van der Waals surface area contributed by atoms with E-state index in [-0.39, 0.29) is 11.6 Å². The van der Waals surface area contributed by atoms with Gasteiger partial charge in [-0.2, -0.15) is 0 Å². The second-order valence-corrected chi connectivity index (χ2v) is 6.13. The SMILES string of the molecule is CC1(C/C=C/CC(=O)OC(C)(C)C)CCC1. The largest absolute Gasteiger partial charge is 0.460 e. The molecule has 0 radical (unpaired) electrons. The molecule has 2 heteroatoms. The highest BCUT2D eigenvalue weighted by Crippen LogP contribution is 2.43. The number of hydrogen-bond donors (Lipinski definition) is 0. The van der Waals surface area contributed by atoms with E-state index in [1.165, 1.54) is 19.3 Å². The minimum absolute atomic E-state index is 0.137. The third-order valence-corrected chi connectivity index (χ3v) is 3.04. The fraction of sp³-hybridized carbons (Fsp3) is 0.786. The quantitative estimate of drug-likeness (QED) is 0.535. The highest BCUT2D eigenvalue weighted by atomic mass is 16.6. The van der Waals surface area contributed by atoms with Gasteiger partial charge in [0.05, 0.1) is 6.42 Å². The van der Waals surface area contributed by atoms with Crippen molar-refractivity contribution < 1.29 is 9.53 Å². The van der Waals surface area contributed by atoms with Crippen LogP contribution in [-0.2, 0) is 9.53 Å². The van der Waals surface area contributed by atoms with E-state index in [4.69, 9.17) is 4.74 Å². The van der Waals surface area contributed by atoms with Gasteiger partial charge >= 0.3 is 5.97 Å². The van der Waals surface area contributed by atoms with Crippen LogP contribution in [0.4, 0.5) is 0 Å². The molecule has 1 rings (SSSR count). The predicted octanol–water partition coefficient (Wildman–Crippen LogP) is 3.85. The van der Waals surface area contributed by atoms with Gasteiger partial charge in [0.15, 0.2) is 0 Å². The Morgan fingerprint density at radius 3 is 2.38 bits per heavy atom. The molecule has 1 fully saturated rings. The van der Waals surface area contributed by atoms with Crippen molar-refractivity contribution in [2.75, 3.05) is 0 Å². The van der Waals surface area contributed by atoms with Crippen LogP contribution in [-0.4, -0.2) is 11.6 Å². The Balaban J connectivity index is 2.18. The summed E-state index contributed by atoms with van der Waals surface area (Å²) in [6, 6.07) is 0. The molecule has 92 valence electrons. The van der Waals surface area contributed by atoms with Gasteiger partial charge in [0.2, 0.25) is 0 Å². The van der Waals surface area contributed by atoms with Gasteiger partial charge in [0.25, 0.3) is 0 Å².